The number of ether oxygens (including phenoxy) is 2. The van der Waals surface area contributed by atoms with Gasteiger partial charge in [0.25, 0.3) is 0 Å². The summed E-state index contributed by atoms with van der Waals surface area (Å²) in [5, 5.41) is 38.9. The Labute approximate surface area is 112 Å². The van der Waals surface area contributed by atoms with E-state index in [0.29, 0.717) is 0 Å². The van der Waals surface area contributed by atoms with Crippen molar-refractivity contribution in [1.82, 2.24) is 0 Å². The molecule has 112 valence electrons. The van der Waals surface area contributed by atoms with Crippen molar-refractivity contribution in [3.05, 3.63) is 12.7 Å². The van der Waals surface area contributed by atoms with Gasteiger partial charge in [-0.2, -0.15) is 0 Å². The lowest BCUT2D eigenvalue weighted by molar-refractivity contribution is -0.423. The van der Waals surface area contributed by atoms with Gasteiger partial charge in [0.2, 0.25) is 0 Å². The van der Waals surface area contributed by atoms with Crippen LogP contribution in [-0.4, -0.2) is 57.8 Å². The highest BCUT2D eigenvalue weighted by atomic mass is 16.8. The van der Waals surface area contributed by atoms with E-state index < -0.39 is 42.8 Å². The van der Waals surface area contributed by atoms with Crippen LogP contribution in [-0.2, 0) is 14.3 Å². The van der Waals surface area contributed by atoms with Gasteiger partial charge in [-0.15, -0.1) is 0 Å². The third-order valence-electron chi connectivity index (χ3n) is 2.79. The third kappa shape index (κ3) is 3.74. The van der Waals surface area contributed by atoms with Gasteiger partial charge in [0, 0.05) is 6.08 Å². The maximum atomic E-state index is 11.3. The van der Waals surface area contributed by atoms with Crippen LogP contribution in [0, 0.1) is 5.41 Å². The number of rotatable bonds is 8. The molecule has 19 heavy (non-hydrogen) atoms. The molecule has 4 N–H and O–H groups in total. The van der Waals surface area contributed by atoms with Crippen LogP contribution in [0.2, 0.25) is 0 Å². The molecule has 0 amide bonds. The highest BCUT2D eigenvalue weighted by molar-refractivity contribution is 5.81. The summed E-state index contributed by atoms with van der Waals surface area (Å²) in [5.74, 6) is -3.71. The molecule has 0 saturated carbocycles. The molecule has 0 saturated heterocycles. The van der Waals surface area contributed by atoms with Gasteiger partial charge in [0.1, 0.15) is 5.41 Å². The second kappa shape index (κ2) is 6.97. The van der Waals surface area contributed by atoms with Gasteiger partial charge < -0.3 is 29.9 Å². The van der Waals surface area contributed by atoms with Crippen molar-refractivity contribution in [1.29, 1.82) is 0 Å². The Morgan fingerprint density at radius 1 is 1.32 bits per heavy atom. The normalized spacial score (nSPS) is 16.8. The lowest BCUT2D eigenvalue weighted by Gasteiger charge is -2.45. The third-order valence-corrected chi connectivity index (χ3v) is 2.79. The minimum absolute atomic E-state index is 0.598. The van der Waals surface area contributed by atoms with Crippen LogP contribution >= 0.6 is 0 Å². The average Bonchev–Trinajstić information content (AvgIpc) is 2.29. The first-order valence-electron chi connectivity index (χ1n) is 5.84. The number of hydrogen-bond donors (Lipinski definition) is 4. The smallest absolute Gasteiger partial charge is 0.340 e. The quantitative estimate of drug-likeness (QED) is 0.259. The Hall–Kier alpha value is -0.990. The van der Waals surface area contributed by atoms with Crippen molar-refractivity contribution in [2.24, 2.45) is 5.41 Å². The van der Waals surface area contributed by atoms with Gasteiger partial charge in [0.05, 0.1) is 25.4 Å². The van der Waals surface area contributed by atoms with Crippen LogP contribution in [0.5, 0.6) is 0 Å². The van der Waals surface area contributed by atoms with E-state index >= 15 is 0 Å². The van der Waals surface area contributed by atoms with Crippen molar-refractivity contribution < 1.29 is 34.7 Å². The van der Waals surface area contributed by atoms with E-state index in [2.05, 4.69) is 6.58 Å². The van der Waals surface area contributed by atoms with E-state index in [9.17, 15) is 25.2 Å². The molecule has 0 spiro atoms. The van der Waals surface area contributed by atoms with Crippen molar-refractivity contribution in [3.63, 3.8) is 0 Å². The first-order chi connectivity index (χ1) is 8.69. The van der Waals surface area contributed by atoms with E-state index in [1.807, 2.05) is 0 Å². The zero-order valence-electron chi connectivity index (χ0n) is 11.4. The van der Waals surface area contributed by atoms with E-state index in [0.717, 1.165) is 6.08 Å². The molecule has 0 aromatic heterocycles. The molecule has 0 bridgehead atoms. The fraction of sp³-hybridized carbons (Fsp3) is 0.750. The van der Waals surface area contributed by atoms with Crippen LogP contribution < -0.4 is 0 Å². The predicted octanol–water partition coefficient (Wildman–Crippen LogP) is -0.861. The van der Waals surface area contributed by atoms with Crippen molar-refractivity contribution >= 4 is 5.97 Å². The summed E-state index contributed by atoms with van der Waals surface area (Å²) in [6.07, 6.45) is -1.22. The van der Waals surface area contributed by atoms with Crippen molar-refractivity contribution in [3.8, 4) is 0 Å². The van der Waals surface area contributed by atoms with Crippen LogP contribution in [0.15, 0.2) is 12.7 Å². The molecule has 0 aliphatic heterocycles. The highest BCUT2D eigenvalue weighted by Gasteiger charge is 2.58. The van der Waals surface area contributed by atoms with E-state index in [-0.39, 0.29) is 0 Å². The molecular weight excluding hydrogens is 256 g/mol. The highest BCUT2D eigenvalue weighted by Crippen LogP contribution is 2.38. The summed E-state index contributed by atoms with van der Waals surface area (Å²) >= 11 is 0. The molecule has 7 heteroatoms. The zero-order chi connectivity index (χ0) is 15.3. The van der Waals surface area contributed by atoms with Gasteiger partial charge in [-0.1, -0.05) is 6.58 Å². The second-order valence-electron chi connectivity index (χ2n) is 4.52. The zero-order valence-corrected chi connectivity index (χ0v) is 11.4. The van der Waals surface area contributed by atoms with Gasteiger partial charge in [-0.05, 0) is 20.8 Å². The van der Waals surface area contributed by atoms with Gasteiger partial charge in [-0.25, -0.2) is 4.79 Å². The number of aliphatic hydroxyl groups excluding tert-OH is 3. The summed E-state index contributed by atoms with van der Waals surface area (Å²) in [7, 11) is 0. The fourth-order valence-corrected chi connectivity index (χ4v) is 1.52. The van der Waals surface area contributed by atoms with Gasteiger partial charge >= 0.3 is 11.9 Å². The summed E-state index contributed by atoms with van der Waals surface area (Å²) in [4.78, 5) is 11.3. The Morgan fingerprint density at radius 2 is 1.79 bits per heavy atom. The van der Waals surface area contributed by atoms with Crippen molar-refractivity contribution in [2.45, 2.75) is 39.0 Å². The van der Waals surface area contributed by atoms with E-state index in [4.69, 9.17) is 9.47 Å². The first-order valence-corrected chi connectivity index (χ1v) is 5.84. The first kappa shape index (κ1) is 18.0. The van der Waals surface area contributed by atoms with Crippen LogP contribution in [0.1, 0.15) is 20.8 Å². The largest absolute Gasteiger partial charge is 0.404 e. The molecule has 7 nitrogen and oxygen atoms in total. The van der Waals surface area contributed by atoms with Gasteiger partial charge in [-0.3, -0.25) is 0 Å². The Morgan fingerprint density at radius 3 is 2.05 bits per heavy atom. The number of aliphatic hydroxyl groups is 4. The maximum Gasteiger partial charge on any atom is 0.340 e. The van der Waals surface area contributed by atoms with Gasteiger partial charge in [0.15, 0.2) is 0 Å². The van der Waals surface area contributed by atoms with Crippen LogP contribution in [0.3, 0.4) is 0 Å². The number of hydrogen-bond acceptors (Lipinski definition) is 7. The minimum atomic E-state index is -2.69. The fourth-order valence-electron chi connectivity index (χ4n) is 1.52. The summed E-state index contributed by atoms with van der Waals surface area (Å²) < 4.78 is 9.81. The van der Waals surface area contributed by atoms with E-state index in [1.165, 1.54) is 6.92 Å². The Bertz CT molecular complexity index is 309. The molecule has 0 rings (SSSR count). The van der Waals surface area contributed by atoms with Crippen molar-refractivity contribution in [2.75, 3.05) is 13.2 Å². The molecule has 0 aliphatic carbocycles. The standard InChI is InChI=1S/C12H22O7/c1-5-10(16)19-12(17,18-8(2)3)11(6-13,7-14)9(4)15/h5,8-9,13-15,17H,1,6-7H2,2-4H3. The Balaban J connectivity index is 5.63. The molecule has 2 unspecified atom stereocenters. The molecular formula is C12H22O7. The summed E-state index contributed by atoms with van der Waals surface area (Å²) in [6, 6.07) is 0. The number of esters is 1. The SMILES string of the molecule is C=CC(=O)OC(O)(OC(C)C)C(CO)(CO)C(C)O. The molecule has 2 atom stereocenters. The monoisotopic (exact) mass is 278 g/mol. The lowest BCUT2D eigenvalue weighted by Crippen LogP contribution is -2.63. The summed E-state index contributed by atoms with van der Waals surface area (Å²) in [5.41, 5.74) is -1.99. The number of carbonyl (C=O) groups excluding carboxylic acids is 1. The predicted molar refractivity (Wildman–Crippen MR) is 65.7 cm³/mol. The molecule has 0 fully saturated rings. The van der Waals surface area contributed by atoms with E-state index in [1.54, 1.807) is 13.8 Å². The van der Waals surface area contributed by atoms with Crippen LogP contribution in [0.25, 0.3) is 0 Å². The lowest BCUT2D eigenvalue weighted by atomic mass is 9.81. The van der Waals surface area contributed by atoms with Crippen LogP contribution in [0.4, 0.5) is 0 Å². The molecule has 0 aromatic carbocycles. The minimum Gasteiger partial charge on any atom is -0.404 e. The Kier molecular flexibility index (Phi) is 6.61. The average molecular weight is 278 g/mol. The molecule has 0 aromatic rings. The topological polar surface area (TPSA) is 116 Å². The molecule has 0 heterocycles. The summed E-state index contributed by atoms with van der Waals surface area (Å²) in [6.45, 7) is 5.77. The maximum absolute atomic E-state index is 11.3. The number of carbonyl (C=O) groups is 1. The molecule has 0 radical (unpaired) electrons. The molecule has 0 aliphatic rings. The second-order valence-corrected chi connectivity index (χ2v) is 4.52.